The lowest BCUT2D eigenvalue weighted by atomic mass is 10.0. The van der Waals surface area contributed by atoms with Gasteiger partial charge in [0.05, 0.1) is 13.2 Å². The van der Waals surface area contributed by atoms with Crippen molar-refractivity contribution >= 4 is 26.9 Å². The zero-order valence-corrected chi connectivity index (χ0v) is 25.3. The number of aliphatic carboxylic acids is 1. The average molecular weight is 568 g/mol. The molecule has 1 rings (SSSR count). The first-order valence-corrected chi connectivity index (χ1v) is 16.3. The molecule has 0 spiro atoms. The van der Waals surface area contributed by atoms with Crippen LogP contribution in [0.2, 0.25) is 6.04 Å². The van der Waals surface area contributed by atoms with Crippen LogP contribution in [0.4, 0.5) is 4.79 Å². The highest BCUT2D eigenvalue weighted by Gasteiger charge is 2.39. The van der Waals surface area contributed by atoms with E-state index in [9.17, 15) is 14.7 Å². The van der Waals surface area contributed by atoms with Crippen LogP contribution in [0.25, 0.3) is 6.08 Å². The van der Waals surface area contributed by atoms with Gasteiger partial charge in [-0.05, 0) is 76.6 Å². The largest absolute Gasteiger partial charge is 0.500 e. The Bertz CT molecular complexity index is 814. The van der Waals surface area contributed by atoms with Crippen LogP contribution < -0.4 is 10.1 Å². The summed E-state index contributed by atoms with van der Waals surface area (Å²) >= 11 is 0. The van der Waals surface area contributed by atoms with Crippen molar-refractivity contribution in [1.82, 2.24) is 5.32 Å². The van der Waals surface area contributed by atoms with Gasteiger partial charge in [-0.2, -0.15) is 0 Å². The maximum Gasteiger partial charge on any atom is 0.500 e. The normalized spacial score (nSPS) is 11.8. The minimum atomic E-state index is -2.70. The molecule has 2 N–H and O–H groups in total. The highest BCUT2D eigenvalue weighted by molar-refractivity contribution is 6.60. The van der Waals surface area contributed by atoms with Crippen molar-refractivity contribution in [3.05, 3.63) is 35.4 Å². The van der Waals surface area contributed by atoms with E-state index < -0.39 is 20.9 Å². The quantitative estimate of drug-likeness (QED) is 0.0881. The summed E-state index contributed by atoms with van der Waals surface area (Å²) in [6.07, 6.45) is 7.73. The van der Waals surface area contributed by atoms with Crippen LogP contribution in [0.15, 0.2) is 29.8 Å². The van der Waals surface area contributed by atoms with Gasteiger partial charge in [-0.15, -0.1) is 0 Å². The van der Waals surface area contributed by atoms with Gasteiger partial charge in [0.15, 0.2) is 0 Å². The number of carboxylic acid groups (broad SMARTS) is 1. The van der Waals surface area contributed by atoms with Crippen molar-refractivity contribution in [1.29, 1.82) is 0 Å². The maximum atomic E-state index is 12.0. The highest BCUT2D eigenvalue weighted by atomic mass is 28.4. The molecule has 222 valence electrons. The smallest absolute Gasteiger partial charge is 0.494 e. The van der Waals surface area contributed by atoms with Crippen molar-refractivity contribution < 1.29 is 37.4 Å². The van der Waals surface area contributed by atoms with Crippen LogP contribution in [0.3, 0.4) is 0 Å². The van der Waals surface area contributed by atoms with Gasteiger partial charge in [0.1, 0.15) is 5.75 Å². The summed E-state index contributed by atoms with van der Waals surface area (Å²) in [5, 5.41) is 12.3. The molecule has 0 aliphatic carbocycles. The number of alkyl carbamates (subject to hydrolysis) is 1. The molecule has 10 heteroatoms. The second-order valence-electron chi connectivity index (χ2n) is 9.06. The number of carboxylic acids is 1. The molecule has 0 saturated heterocycles. The second-order valence-corrected chi connectivity index (χ2v) is 11.8. The van der Waals surface area contributed by atoms with E-state index >= 15 is 0 Å². The Morgan fingerprint density at radius 2 is 1.49 bits per heavy atom. The third-order valence-electron chi connectivity index (χ3n) is 5.86. The van der Waals surface area contributed by atoms with Crippen molar-refractivity contribution in [3.8, 4) is 5.75 Å². The first-order valence-electron chi connectivity index (χ1n) is 14.4. The molecule has 0 unspecified atom stereocenters. The fourth-order valence-corrected chi connectivity index (χ4v) is 6.53. The van der Waals surface area contributed by atoms with Crippen LogP contribution in [-0.2, 0) is 22.8 Å². The number of carbonyl (C=O) groups excluding carboxylic acids is 1. The number of unbranched alkanes of at least 4 members (excludes halogenated alkanes) is 4. The van der Waals surface area contributed by atoms with Gasteiger partial charge in [-0.3, -0.25) is 0 Å². The van der Waals surface area contributed by atoms with Crippen molar-refractivity contribution in [3.63, 3.8) is 0 Å². The first kappa shape index (κ1) is 34.6. The maximum absolute atomic E-state index is 12.0. The molecule has 0 saturated carbocycles. The van der Waals surface area contributed by atoms with Gasteiger partial charge >= 0.3 is 20.9 Å². The predicted octanol–water partition coefficient (Wildman–Crippen LogP) is 6.45. The lowest BCUT2D eigenvalue weighted by Crippen LogP contribution is -2.46. The highest BCUT2D eigenvalue weighted by Crippen LogP contribution is 2.19. The molecule has 0 aromatic heterocycles. The minimum absolute atomic E-state index is 0.329. The molecule has 1 aromatic carbocycles. The first-order chi connectivity index (χ1) is 18.9. The Balaban J connectivity index is 2.25. The van der Waals surface area contributed by atoms with Crippen molar-refractivity contribution in [2.45, 2.75) is 85.1 Å². The molecule has 1 aromatic rings. The molecule has 0 radical (unpaired) electrons. The molecule has 0 aliphatic rings. The van der Waals surface area contributed by atoms with E-state index in [0.29, 0.717) is 64.0 Å². The van der Waals surface area contributed by atoms with Gasteiger partial charge < -0.3 is 33.2 Å². The molecular formula is C29H49NO8Si. The number of rotatable bonds is 23. The van der Waals surface area contributed by atoms with Gasteiger partial charge in [0, 0.05) is 38.0 Å². The fourth-order valence-electron chi connectivity index (χ4n) is 3.92. The Morgan fingerprint density at radius 1 is 0.846 bits per heavy atom. The van der Waals surface area contributed by atoms with Crippen LogP contribution in [-0.4, -0.2) is 65.6 Å². The molecule has 0 atom stereocenters. The number of nitrogens with one attached hydrogen (secondary N) is 1. The van der Waals surface area contributed by atoms with Crippen molar-refractivity contribution in [2.75, 3.05) is 39.6 Å². The topological polar surface area (TPSA) is 113 Å². The van der Waals surface area contributed by atoms with E-state index in [0.717, 1.165) is 49.8 Å². The van der Waals surface area contributed by atoms with Crippen LogP contribution >= 0.6 is 0 Å². The molecule has 1 amide bonds. The summed E-state index contributed by atoms with van der Waals surface area (Å²) in [5.41, 5.74) is 1.23. The van der Waals surface area contributed by atoms with Crippen LogP contribution in [0, 0.1) is 0 Å². The minimum Gasteiger partial charge on any atom is -0.494 e. The molecule has 0 heterocycles. The summed E-state index contributed by atoms with van der Waals surface area (Å²) in [7, 11) is -2.70. The zero-order chi connectivity index (χ0) is 28.8. The van der Waals surface area contributed by atoms with E-state index in [-0.39, 0.29) is 0 Å². The standard InChI is InChI=1S/C29H49NO8Si/c1-5-9-21-34-27-18-16-25(17-19-27)24-26(28(31)32)15-12-10-11-13-22-35-29(33)30-20-14-23-39(36-6-2,37-7-3)38-8-4/h16-19,24H,5-15,20-23H2,1-4H3,(H,30,33)(H,31,32)/b26-24+. The lowest BCUT2D eigenvalue weighted by Gasteiger charge is -2.28. The van der Waals surface area contributed by atoms with E-state index in [1.54, 1.807) is 6.08 Å². The number of hydrogen-bond donors (Lipinski definition) is 2. The summed E-state index contributed by atoms with van der Waals surface area (Å²) in [5.74, 6) is -0.108. The Kier molecular flexibility index (Phi) is 19.0. The number of ether oxygens (including phenoxy) is 2. The van der Waals surface area contributed by atoms with Crippen molar-refractivity contribution in [2.24, 2.45) is 0 Å². The number of hydrogen-bond acceptors (Lipinski definition) is 7. The van der Waals surface area contributed by atoms with Crippen LogP contribution in [0.5, 0.6) is 5.75 Å². The summed E-state index contributed by atoms with van der Waals surface area (Å²) in [6.45, 7) is 10.9. The molecule has 9 nitrogen and oxygen atoms in total. The molecule has 0 fully saturated rings. The molecular weight excluding hydrogens is 518 g/mol. The monoisotopic (exact) mass is 567 g/mol. The average Bonchev–Trinajstić information content (AvgIpc) is 2.91. The SMILES string of the molecule is CCCCOc1ccc(/C=C(\CCCCCCOC(=O)NCCC[Si](OCC)(OCC)OCC)C(=O)O)cc1. The number of carbonyl (C=O) groups is 2. The molecule has 0 aliphatic heterocycles. The zero-order valence-electron chi connectivity index (χ0n) is 24.3. The van der Waals surface area contributed by atoms with E-state index in [2.05, 4.69) is 12.2 Å². The second kappa shape index (κ2) is 21.4. The summed E-state index contributed by atoms with van der Waals surface area (Å²) in [4.78, 5) is 23.6. The summed E-state index contributed by atoms with van der Waals surface area (Å²) < 4.78 is 28.4. The fraction of sp³-hybridized carbons (Fsp3) is 0.655. The van der Waals surface area contributed by atoms with Gasteiger partial charge in [0.25, 0.3) is 0 Å². The Labute approximate surface area is 235 Å². The lowest BCUT2D eigenvalue weighted by molar-refractivity contribution is -0.132. The predicted molar refractivity (Wildman–Crippen MR) is 155 cm³/mol. The Hall–Kier alpha value is -2.40. The van der Waals surface area contributed by atoms with E-state index in [4.69, 9.17) is 22.8 Å². The van der Waals surface area contributed by atoms with Gasteiger partial charge in [-0.25, -0.2) is 9.59 Å². The van der Waals surface area contributed by atoms with Gasteiger partial charge in [-0.1, -0.05) is 38.3 Å². The third kappa shape index (κ3) is 15.7. The molecule has 0 bridgehead atoms. The Morgan fingerprint density at radius 3 is 2.08 bits per heavy atom. The summed E-state index contributed by atoms with van der Waals surface area (Å²) in [6, 6.07) is 8.13. The van der Waals surface area contributed by atoms with Gasteiger partial charge in [0.2, 0.25) is 0 Å². The van der Waals surface area contributed by atoms with Crippen LogP contribution in [0.1, 0.15) is 84.6 Å². The van der Waals surface area contributed by atoms with E-state index in [1.807, 2.05) is 45.0 Å². The third-order valence-corrected chi connectivity index (χ3v) is 9.01. The number of benzene rings is 1. The number of amides is 1. The van der Waals surface area contributed by atoms with E-state index in [1.165, 1.54) is 0 Å². The molecule has 39 heavy (non-hydrogen) atoms.